The van der Waals surface area contributed by atoms with Crippen LogP contribution in [0, 0.1) is 12.8 Å². The highest BCUT2D eigenvalue weighted by molar-refractivity contribution is 7.89. The average Bonchev–Trinajstić information content (AvgIpc) is 2.76. The van der Waals surface area contributed by atoms with E-state index < -0.39 is 22.0 Å². The topological polar surface area (TPSA) is 122 Å². The molecule has 1 atom stereocenters. The Bertz CT molecular complexity index is 1280. The first-order valence-corrected chi connectivity index (χ1v) is 11.8. The lowest BCUT2D eigenvalue weighted by Crippen LogP contribution is -2.51. The van der Waals surface area contributed by atoms with Gasteiger partial charge < -0.3 is 0 Å². The quantitative estimate of drug-likeness (QED) is 0.446. The van der Waals surface area contributed by atoms with Crippen LogP contribution in [0.2, 0.25) is 0 Å². The minimum absolute atomic E-state index is 0.0746. The number of nitrogens with zero attached hydrogens (tertiary/aromatic N) is 2. The van der Waals surface area contributed by atoms with Crippen LogP contribution in [0.3, 0.4) is 0 Å². The number of fused-ring (bicyclic) bond motifs is 1. The van der Waals surface area contributed by atoms with Gasteiger partial charge in [0, 0.05) is 6.54 Å². The first-order chi connectivity index (χ1) is 15.1. The van der Waals surface area contributed by atoms with E-state index in [-0.39, 0.29) is 22.3 Å². The third kappa shape index (κ3) is 4.97. The first-order valence-electron chi connectivity index (χ1n) is 10.3. The maximum Gasteiger partial charge on any atom is 0.262 e. The molecule has 1 heterocycles. The highest BCUT2D eigenvalue weighted by Crippen LogP contribution is 2.14. The van der Waals surface area contributed by atoms with Gasteiger partial charge in [0.15, 0.2) is 0 Å². The minimum atomic E-state index is -3.91. The Kier molecular flexibility index (Phi) is 6.95. The van der Waals surface area contributed by atoms with Crippen LogP contribution in [0.5, 0.6) is 0 Å². The molecule has 0 saturated heterocycles. The smallest absolute Gasteiger partial charge is 0.262 e. The number of aromatic nitrogens is 2. The molecule has 0 spiro atoms. The number of hydrogen-bond donors (Lipinski definition) is 3. The van der Waals surface area contributed by atoms with Crippen molar-refractivity contribution in [3.05, 3.63) is 64.4 Å². The zero-order valence-electron chi connectivity index (χ0n) is 18.4. The van der Waals surface area contributed by atoms with Crippen LogP contribution in [0.4, 0.5) is 5.95 Å². The summed E-state index contributed by atoms with van der Waals surface area (Å²) in [7, 11) is -3.91. The Morgan fingerprint density at radius 3 is 2.38 bits per heavy atom. The molecule has 1 amide bonds. The molecular formula is C22H27N5O4S. The Morgan fingerprint density at radius 1 is 1.09 bits per heavy atom. The van der Waals surface area contributed by atoms with Crippen molar-refractivity contribution in [2.75, 3.05) is 5.43 Å². The largest absolute Gasteiger partial charge is 0.277 e. The van der Waals surface area contributed by atoms with Crippen molar-refractivity contribution in [2.24, 2.45) is 5.92 Å². The number of sulfonamides is 1. The average molecular weight is 458 g/mol. The summed E-state index contributed by atoms with van der Waals surface area (Å²) in [5, 5.41) is 0.470. The first kappa shape index (κ1) is 23.4. The van der Waals surface area contributed by atoms with Crippen LogP contribution < -0.4 is 21.1 Å². The molecule has 2 aromatic carbocycles. The van der Waals surface area contributed by atoms with Gasteiger partial charge in [-0.15, -0.1) is 0 Å². The minimum Gasteiger partial charge on any atom is -0.277 e. The molecule has 0 unspecified atom stereocenters. The third-order valence-electron chi connectivity index (χ3n) is 5.04. The van der Waals surface area contributed by atoms with E-state index in [1.165, 1.54) is 16.7 Å². The number of amides is 1. The van der Waals surface area contributed by atoms with Crippen LogP contribution in [0.25, 0.3) is 10.9 Å². The van der Waals surface area contributed by atoms with Crippen molar-refractivity contribution in [1.29, 1.82) is 0 Å². The highest BCUT2D eigenvalue weighted by atomic mass is 32.2. The predicted molar refractivity (Wildman–Crippen MR) is 124 cm³/mol. The summed E-state index contributed by atoms with van der Waals surface area (Å²) in [5.41, 5.74) is 6.35. The van der Waals surface area contributed by atoms with Crippen molar-refractivity contribution in [2.45, 2.75) is 45.2 Å². The number of hydrazine groups is 1. The summed E-state index contributed by atoms with van der Waals surface area (Å²) in [5.74, 6) is -0.774. The second-order valence-electron chi connectivity index (χ2n) is 7.77. The monoisotopic (exact) mass is 457 g/mol. The van der Waals surface area contributed by atoms with Crippen LogP contribution >= 0.6 is 0 Å². The number of benzene rings is 2. The second kappa shape index (κ2) is 9.49. The van der Waals surface area contributed by atoms with Crippen molar-refractivity contribution >= 4 is 32.8 Å². The van der Waals surface area contributed by atoms with Gasteiger partial charge in [0.1, 0.15) is 6.04 Å². The maximum absolute atomic E-state index is 12.9. The molecule has 0 aliphatic rings. The molecule has 1 aromatic heterocycles. The number of carbonyl (C=O) groups excluding carboxylic acids is 1. The fourth-order valence-electron chi connectivity index (χ4n) is 3.20. The van der Waals surface area contributed by atoms with Crippen LogP contribution in [0.1, 0.15) is 26.3 Å². The lowest BCUT2D eigenvalue weighted by atomic mass is 10.1. The molecule has 32 heavy (non-hydrogen) atoms. The Morgan fingerprint density at radius 2 is 1.75 bits per heavy atom. The van der Waals surface area contributed by atoms with E-state index in [2.05, 4.69) is 20.6 Å². The van der Waals surface area contributed by atoms with Crippen molar-refractivity contribution in [1.82, 2.24) is 19.7 Å². The van der Waals surface area contributed by atoms with E-state index in [1.807, 2.05) is 6.92 Å². The van der Waals surface area contributed by atoms with E-state index in [0.29, 0.717) is 17.4 Å². The van der Waals surface area contributed by atoms with Gasteiger partial charge >= 0.3 is 0 Å². The summed E-state index contributed by atoms with van der Waals surface area (Å²) >= 11 is 0. The number of aryl methyl sites for hydroxylation is 1. The standard InChI is InChI=1S/C22H27N5O4S/c1-5-27-21(29)17-8-6-7-9-18(17)23-22(27)25-24-20(28)19(14(2)3)26-32(30,31)16-12-10-15(4)11-13-16/h6-14,19,26H,5H2,1-4H3,(H,23,25)(H,24,28)/t19-/m0/s1. The molecule has 170 valence electrons. The van der Waals surface area contributed by atoms with Gasteiger partial charge in [0.05, 0.1) is 15.8 Å². The Balaban J connectivity index is 1.81. The SMILES string of the molecule is CCn1c(NNC(=O)[C@@H](NS(=O)(=O)c2ccc(C)cc2)C(C)C)nc2ccccc2c1=O. The normalized spacial score (nSPS) is 12.7. The Labute approximate surface area is 186 Å². The van der Waals surface area contributed by atoms with Gasteiger partial charge in [-0.2, -0.15) is 4.72 Å². The number of rotatable bonds is 8. The molecule has 10 heteroatoms. The molecule has 0 aliphatic carbocycles. The fourth-order valence-corrected chi connectivity index (χ4v) is 4.54. The molecular weight excluding hydrogens is 430 g/mol. The van der Waals surface area contributed by atoms with Gasteiger partial charge in [-0.25, -0.2) is 13.4 Å². The number of anilines is 1. The fraction of sp³-hybridized carbons (Fsp3) is 0.318. The third-order valence-corrected chi connectivity index (χ3v) is 6.49. The number of nitrogens with one attached hydrogen (secondary N) is 3. The van der Waals surface area contributed by atoms with E-state index in [0.717, 1.165) is 5.56 Å². The van der Waals surface area contributed by atoms with E-state index in [4.69, 9.17) is 0 Å². The predicted octanol–water partition coefficient (Wildman–Crippen LogP) is 2.17. The summed E-state index contributed by atoms with van der Waals surface area (Å²) in [6.45, 7) is 7.45. The molecule has 3 rings (SSSR count). The summed E-state index contributed by atoms with van der Waals surface area (Å²) in [6.07, 6.45) is 0. The van der Waals surface area contributed by atoms with Crippen LogP contribution in [-0.4, -0.2) is 29.9 Å². The molecule has 9 nitrogen and oxygen atoms in total. The van der Waals surface area contributed by atoms with Crippen LogP contribution in [-0.2, 0) is 21.4 Å². The lowest BCUT2D eigenvalue weighted by Gasteiger charge is -2.22. The van der Waals surface area contributed by atoms with Crippen molar-refractivity contribution in [3.63, 3.8) is 0 Å². The number of para-hydroxylation sites is 1. The van der Waals surface area contributed by atoms with Crippen molar-refractivity contribution in [3.8, 4) is 0 Å². The summed E-state index contributed by atoms with van der Waals surface area (Å²) in [6, 6.07) is 12.2. The van der Waals surface area contributed by atoms with Gasteiger partial charge in [-0.05, 0) is 44.0 Å². The van der Waals surface area contributed by atoms with Gasteiger partial charge in [0.2, 0.25) is 16.0 Å². The number of hydrogen-bond acceptors (Lipinski definition) is 6. The second-order valence-corrected chi connectivity index (χ2v) is 9.49. The van der Waals surface area contributed by atoms with E-state index in [1.54, 1.807) is 57.2 Å². The van der Waals surface area contributed by atoms with E-state index in [9.17, 15) is 18.0 Å². The molecule has 0 fully saturated rings. The van der Waals surface area contributed by atoms with E-state index >= 15 is 0 Å². The van der Waals surface area contributed by atoms with Gasteiger partial charge in [-0.3, -0.25) is 25.0 Å². The molecule has 0 aliphatic heterocycles. The molecule has 3 aromatic rings. The zero-order valence-corrected chi connectivity index (χ0v) is 19.2. The number of carbonyl (C=O) groups is 1. The lowest BCUT2D eigenvalue weighted by molar-refractivity contribution is -0.123. The van der Waals surface area contributed by atoms with Crippen LogP contribution in [0.15, 0.2) is 58.2 Å². The molecule has 0 saturated carbocycles. The molecule has 3 N–H and O–H groups in total. The Hall–Kier alpha value is -3.24. The van der Waals surface area contributed by atoms with Gasteiger partial charge in [0.25, 0.3) is 11.5 Å². The van der Waals surface area contributed by atoms with Crippen molar-refractivity contribution < 1.29 is 13.2 Å². The molecule has 0 radical (unpaired) electrons. The van der Waals surface area contributed by atoms with Gasteiger partial charge in [-0.1, -0.05) is 43.7 Å². The maximum atomic E-state index is 12.9. The summed E-state index contributed by atoms with van der Waals surface area (Å²) in [4.78, 5) is 30.1. The summed E-state index contributed by atoms with van der Waals surface area (Å²) < 4.78 is 29.4. The highest BCUT2D eigenvalue weighted by Gasteiger charge is 2.28. The molecule has 0 bridgehead atoms. The zero-order chi connectivity index (χ0) is 23.5.